The molecular formula is C44H85N3O9S2. The summed E-state index contributed by atoms with van der Waals surface area (Å²) >= 11 is 0. The van der Waals surface area contributed by atoms with Gasteiger partial charge in [-0.05, 0) is 157 Å². The van der Waals surface area contributed by atoms with Crippen molar-refractivity contribution in [3.05, 3.63) is 0 Å². The SMILES string of the molecule is CCCCCCCCNCCC[C@@H](C)[C@H]1CC[C@H]2C3C(C[C@H](OCCCNCC)[C@]12C)[C@@]1(C)CC[C@@H](OCCCNCS(=O)(=O)O)C[C@H]1C[C@H]3OCCCS(=O)(=O)O. The molecular weight excluding hydrogens is 779 g/mol. The summed E-state index contributed by atoms with van der Waals surface area (Å²) in [7, 11) is -8.10. The van der Waals surface area contributed by atoms with Crippen molar-refractivity contribution in [2.75, 3.05) is 64.2 Å². The molecule has 4 fully saturated rings. The molecule has 0 aromatic carbocycles. The second-order valence-electron chi connectivity index (χ2n) is 19.1. The number of unbranched alkanes of at least 4 members (excludes halogenated alkanes) is 5. The average molecular weight is 864 g/mol. The third kappa shape index (κ3) is 14.9. The first-order chi connectivity index (χ1) is 27.6. The minimum atomic E-state index is -4.06. The van der Waals surface area contributed by atoms with Crippen LogP contribution in [0.1, 0.15) is 150 Å². The molecule has 4 aliphatic rings. The van der Waals surface area contributed by atoms with Gasteiger partial charge in [-0.15, -0.1) is 0 Å². The number of nitrogens with one attached hydrogen (secondary N) is 3. The quantitative estimate of drug-likeness (QED) is 0.0357. The van der Waals surface area contributed by atoms with Gasteiger partial charge in [-0.25, -0.2) is 0 Å². The number of fused-ring (bicyclic) bond motifs is 5. The van der Waals surface area contributed by atoms with Crippen LogP contribution in [-0.2, 0) is 34.4 Å². The van der Waals surface area contributed by atoms with Crippen LogP contribution in [0.3, 0.4) is 0 Å². The van der Waals surface area contributed by atoms with E-state index in [1.165, 1.54) is 64.2 Å². The molecule has 5 N–H and O–H groups in total. The van der Waals surface area contributed by atoms with Gasteiger partial charge in [-0.2, -0.15) is 16.8 Å². The van der Waals surface area contributed by atoms with Gasteiger partial charge < -0.3 is 30.2 Å². The Morgan fingerprint density at radius 1 is 0.690 bits per heavy atom. The third-order valence-electron chi connectivity index (χ3n) is 15.2. The Kier molecular flexibility index (Phi) is 21.2. The van der Waals surface area contributed by atoms with Crippen molar-refractivity contribution >= 4 is 20.2 Å². The first kappa shape index (κ1) is 50.2. The molecule has 0 aromatic rings. The maximum absolute atomic E-state index is 11.6. The van der Waals surface area contributed by atoms with Crippen molar-refractivity contribution in [2.24, 2.45) is 46.3 Å². The molecule has 0 saturated heterocycles. The van der Waals surface area contributed by atoms with Crippen LogP contribution in [0.25, 0.3) is 0 Å². The molecule has 4 rings (SSSR count). The molecule has 12 nitrogen and oxygen atoms in total. The van der Waals surface area contributed by atoms with E-state index in [9.17, 15) is 21.4 Å². The highest BCUT2D eigenvalue weighted by atomic mass is 32.2. The van der Waals surface area contributed by atoms with Crippen LogP contribution in [0.2, 0.25) is 0 Å². The van der Waals surface area contributed by atoms with Crippen LogP contribution in [-0.4, -0.2) is 108 Å². The van der Waals surface area contributed by atoms with E-state index < -0.39 is 26.1 Å². The zero-order valence-electron chi connectivity index (χ0n) is 37.1. The predicted octanol–water partition coefficient (Wildman–Crippen LogP) is 7.49. The van der Waals surface area contributed by atoms with E-state index in [1.807, 2.05) is 0 Å². The Balaban J connectivity index is 1.48. The Labute approximate surface area is 354 Å². The van der Waals surface area contributed by atoms with Gasteiger partial charge in [-0.1, -0.05) is 66.7 Å². The molecule has 0 aliphatic heterocycles. The summed E-state index contributed by atoms with van der Waals surface area (Å²) in [6.45, 7) is 18.1. The Hall–Kier alpha value is -0.420. The molecule has 58 heavy (non-hydrogen) atoms. The lowest BCUT2D eigenvalue weighted by Gasteiger charge is -2.65. The standard InChI is InChI=1S/C44H85N3O9S2/c1-6-8-9-10-11-12-22-46-23-13-17-34(3)37-18-19-38-42-39(32-41(44(37,38)5)56-27-14-24-45-7-2)43(4)21-20-36(54-26-15-25-47-33-58(51,52)53)30-35(43)31-40(42)55-28-16-29-57(48,49)50/h34-42,45-47H,6-33H2,1-5H3,(H,48,49,50)(H,51,52,53)/t34-,35+,36-,37-,38+,39?,40-,41+,42?,43+,44-/m1/s1. The molecule has 0 spiro atoms. The topological polar surface area (TPSA) is 173 Å². The van der Waals surface area contributed by atoms with Crippen LogP contribution < -0.4 is 16.0 Å². The van der Waals surface area contributed by atoms with Crippen molar-refractivity contribution in [3.63, 3.8) is 0 Å². The number of hydrogen-bond donors (Lipinski definition) is 5. The van der Waals surface area contributed by atoms with Gasteiger partial charge in [0.2, 0.25) is 0 Å². The molecule has 14 heteroatoms. The van der Waals surface area contributed by atoms with Crippen LogP contribution in [0.5, 0.6) is 0 Å². The largest absolute Gasteiger partial charge is 0.378 e. The first-order valence-electron chi connectivity index (χ1n) is 23.5. The van der Waals surface area contributed by atoms with Crippen molar-refractivity contribution in [1.82, 2.24) is 16.0 Å². The fraction of sp³-hybridized carbons (Fsp3) is 1.00. The maximum atomic E-state index is 11.6. The summed E-state index contributed by atoms with van der Waals surface area (Å²) in [5.41, 5.74) is 0.127. The second kappa shape index (κ2) is 24.4. The van der Waals surface area contributed by atoms with Crippen LogP contribution in [0, 0.1) is 46.3 Å². The van der Waals surface area contributed by atoms with Crippen LogP contribution in [0.15, 0.2) is 0 Å². The minimum absolute atomic E-state index is 0.00658. The molecule has 11 atom stereocenters. The summed E-state index contributed by atoms with van der Waals surface area (Å²) in [6.07, 6.45) is 19.9. The van der Waals surface area contributed by atoms with E-state index in [0.717, 1.165) is 71.3 Å². The van der Waals surface area contributed by atoms with E-state index in [2.05, 4.69) is 50.6 Å². The normalized spacial score (nSPS) is 33.1. The van der Waals surface area contributed by atoms with Gasteiger partial charge in [0.05, 0.1) is 24.1 Å². The molecule has 0 heterocycles. The van der Waals surface area contributed by atoms with Crippen molar-refractivity contribution < 1.29 is 40.2 Å². The number of hydrogen-bond acceptors (Lipinski definition) is 10. The van der Waals surface area contributed by atoms with Gasteiger partial charge in [0.15, 0.2) is 0 Å². The predicted molar refractivity (Wildman–Crippen MR) is 233 cm³/mol. The smallest absolute Gasteiger partial charge is 0.278 e. The molecule has 2 unspecified atom stereocenters. The molecule has 4 aliphatic carbocycles. The average Bonchev–Trinajstić information content (AvgIpc) is 3.52. The molecule has 0 bridgehead atoms. The lowest BCUT2D eigenvalue weighted by atomic mass is 9.43. The lowest BCUT2D eigenvalue weighted by Crippen LogP contribution is -2.63. The molecule has 0 amide bonds. The highest BCUT2D eigenvalue weighted by Crippen LogP contribution is 2.69. The fourth-order valence-corrected chi connectivity index (χ4v) is 13.2. The summed E-state index contributed by atoms with van der Waals surface area (Å²) in [5.74, 6) is 2.03. The fourth-order valence-electron chi connectivity index (χ4n) is 12.3. The Morgan fingerprint density at radius 3 is 2.09 bits per heavy atom. The molecule has 0 radical (unpaired) electrons. The van der Waals surface area contributed by atoms with Crippen LogP contribution in [0.4, 0.5) is 0 Å². The van der Waals surface area contributed by atoms with Crippen LogP contribution >= 0.6 is 0 Å². The van der Waals surface area contributed by atoms with Gasteiger partial charge in [0, 0.05) is 25.2 Å². The van der Waals surface area contributed by atoms with E-state index in [0.29, 0.717) is 61.7 Å². The first-order valence-corrected chi connectivity index (χ1v) is 26.7. The summed E-state index contributed by atoms with van der Waals surface area (Å²) in [4.78, 5) is 0. The van der Waals surface area contributed by atoms with E-state index in [4.69, 9.17) is 18.8 Å². The van der Waals surface area contributed by atoms with Crippen molar-refractivity contribution in [2.45, 2.75) is 169 Å². The third-order valence-corrected chi connectivity index (χ3v) is 16.6. The summed E-state index contributed by atoms with van der Waals surface area (Å²) in [6, 6.07) is 0. The van der Waals surface area contributed by atoms with Crippen molar-refractivity contribution in [1.29, 1.82) is 0 Å². The molecule has 0 aromatic heterocycles. The Morgan fingerprint density at radius 2 is 1.36 bits per heavy atom. The zero-order chi connectivity index (χ0) is 42.2. The summed E-state index contributed by atoms with van der Waals surface area (Å²) < 4.78 is 84.3. The molecule has 342 valence electrons. The van der Waals surface area contributed by atoms with E-state index >= 15 is 0 Å². The highest BCUT2D eigenvalue weighted by molar-refractivity contribution is 7.86. The summed E-state index contributed by atoms with van der Waals surface area (Å²) in [5, 5.41) is 9.98. The van der Waals surface area contributed by atoms with Gasteiger partial charge >= 0.3 is 0 Å². The lowest BCUT2D eigenvalue weighted by molar-refractivity contribution is -0.227. The number of rotatable bonds is 30. The monoisotopic (exact) mass is 864 g/mol. The van der Waals surface area contributed by atoms with Crippen molar-refractivity contribution in [3.8, 4) is 0 Å². The zero-order valence-corrected chi connectivity index (χ0v) is 38.7. The number of ether oxygens (including phenoxy) is 3. The maximum Gasteiger partial charge on any atom is 0.278 e. The Bertz CT molecular complexity index is 1390. The van der Waals surface area contributed by atoms with Gasteiger partial charge in [0.25, 0.3) is 20.2 Å². The van der Waals surface area contributed by atoms with E-state index in [1.54, 1.807) is 0 Å². The van der Waals surface area contributed by atoms with Gasteiger partial charge in [-0.3, -0.25) is 9.11 Å². The highest BCUT2D eigenvalue weighted by Gasteiger charge is 2.66. The minimum Gasteiger partial charge on any atom is -0.378 e. The second-order valence-corrected chi connectivity index (χ2v) is 22.1. The molecule has 4 saturated carbocycles. The van der Waals surface area contributed by atoms with Gasteiger partial charge in [0.1, 0.15) is 5.88 Å². The van der Waals surface area contributed by atoms with E-state index in [-0.39, 0.29) is 41.3 Å².